The maximum Gasteiger partial charge on any atom is 0.213 e. The van der Waals surface area contributed by atoms with E-state index in [1.54, 1.807) is 42.9 Å². The van der Waals surface area contributed by atoms with Crippen LogP contribution in [-0.4, -0.2) is 40.4 Å². The first-order valence-electron chi connectivity index (χ1n) is 12.7. The van der Waals surface area contributed by atoms with Crippen molar-refractivity contribution in [2.45, 2.75) is 30.9 Å². The first kappa shape index (κ1) is 29.3. The molecular weight excluding hydrogens is 684 g/mol. The molecule has 0 radical (unpaired) electrons. The van der Waals surface area contributed by atoms with Gasteiger partial charge in [-0.3, -0.25) is 14.8 Å². The van der Waals surface area contributed by atoms with Gasteiger partial charge in [-0.05, 0) is 54.5 Å². The summed E-state index contributed by atoms with van der Waals surface area (Å²) in [5.41, 5.74) is 8.90. The third-order valence-corrected chi connectivity index (χ3v) is 7.08. The Morgan fingerprint density at radius 2 is 1.90 bits per heavy atom. The van der Waals surface area contributed by atoms with Gasteiger partial charge in [0.25, 0.3) is 0 Å². The van der Waals surface area contributed by atoms with Crippen molar-refractivity contribution in [3.63, 3.8) is 0 Å². The molecule has 1 fully saturated rings. The Labute approximate surface area is 245 Å². The number of anilines is 1. The average Bonchev–Trinajstić information content (AvgIpc) is 2.96. The SMILES string of the molecule is CNc1cnccc1C1CC(N)C(Oc2ccccn2)C([CH-]c2cccc(F)c2-c2nc(C=O)ccc2F)C1.[W]. The Hall–Kier alpha value is -3.68. The van der Waals surface area contributed by atoms with Gasteiger partial charge in [0.05, 0.1) is 23.4 Å². The predicted molar refractivity (Wildman–Crippen MR) is 144 cm³/mol. The van der Waals surface area contributed by atoms with Crippen molar-refractivity contribution in [1.82, 2.24) is 15.0 Å². The number of aromatic nitrogens is 3. The van der Waals surface area contributed by atoms with Crippen molar-refractivity contribution in [2.75, 3.05) is 12.4 Å². The molecule has 0 bridgehead atoms. The molecule has 7 nitrogen and oxygen atoms in total. The third-order valence-electron chi connectivity index (χ3n) is 7.08. The number of benzene rings is 1. The number of nitrogens with two attached hydrogens (primary N) is 1. The quantitative estimate of drug-likeness (QED) is 0.192. The number of aldehydes is 1. The van der Waals surface area contributed by atoms with E-state index in [0.29, 0.717) is 30.6 Å². The van der Waals surface area contributed by atoms with Crippen molar-refractivity contribution in [2.24, 2.45) is 11.7 Å². The number of nitrogens with zero attached hydrogens (tertiary/aromatic N) is 3. The molecule has 3 heterocycles. The van der Waals surface area contributed by atoms with Crippen LogP contribution in [0.2, 0.25) is 0 Å². The normalized spacial score (nSPS) is 20.2. The summed E-state index contributed by atoms with van der Waals surface area (Å²) in [7, 11) is 1.84. The number of pyridine rings is 3. The van der Waals surface area contributed by atoms with E-state index in [-0.39, 0.29) is 55.9 Å². The Morgan fingerprint density at radius 3 is 2.65 bits per heavy atom. The summed E-state index contributed by atoms with van der Waals surface area (Å²) in [6.07, 6.45) is 8.32. The minimum absolute atomic E-state index is 0. The summed E-state index contributed by atoms with van der Waals surface area (Å²) in [5.74, 6) is -1.18. The van der Waals surface area contributed by atoms with Crippen molar-refractivity contribution in [3.05, 3.63) is 108 Å². The molecule has 1 aliphatic rings. The molecule has 3 aromatic heterocycles. The maximum absolute atomic E-state index is 15.3. The molecule has 10 heteroatoms. The minimum atomic E-state index is -0.727. The molecule has 3 N–H and O–H groups in total. The summed E-state index contributed by atoms with van der Waals surface area (Å²) < 4.78 is 36.5. The smallest absolute Gasteiger partial charge is 0.213 e. The van der Waals surface area contributed by atoms with Crippen molar-refractivity contribution < 1.29 is 39.4 Å². The fraction of sp³-hybridized carbons (Fsp3) is 0.233. The third kappa shape index (κ3) is 6.21. The summed E-state index contributed by atoms with van der Waals surface area (Å²) in [4.78, 5) is 23.9. The van der Waals surface area contributed by atoms with Crippen LogP contribution >= 0.6 is 0 Å². The van der Waals surface area contributed by atoms with Gasteiger partial charge >= 0.3 is 0 Å². The van der Waals surface area contributed by atoms with E-state index in [9.17, 15) is 9.18 Å². The van der Waals surface area contributed by atoms with Crippen LogP contribution in [0.25, 0.3) is 11.3 Å². The fourth-order valence-corrected chi connectivity index (χ4v) is 5.32. The number of halogens is 2. The van der Waals surface area contributed by atoms with Gasteiger partial charge in [0.15, 0.2) is 6.29 Å². The number of carbonyl (C=O) groups excluding carboxylic acids is 1. The number of ether oxygens (including phenoxy) is 1. The molecule has 40 heavy (non-hydrogen) atoms. The molecule has 0 amide bonds. The average molecular weight is 712 g/mol. The van der Waals surface area contributed by atoms with Crippen LogP contribution in [0.3, 0.4) is 0 Å². The Bertz CT molecular complexity index is 1460. The molecule has 4 atom stereocenters. The van der Waals surface area contributed by atoms with Gasteiger partial charge in [0.2, 0.25) is 5.88 Å². The molecular formula is C30H28F2N5O2W-. The van der Waals surface area contributed by atoms with E-state index in [1.165, 1.54) is 12.1 Å². The zero-order valence-electron chi connectivity index (χ0n) is 21.7. The second-order valence-corrected chi connectivity index (χ2v) is 9.51. The molecule has 1 saturated carbocycles. The minimum Gasteiger partial charge on any atom is -0.473 e. The Morgan fingerprint density at radius 1 is 1.05 bits per heavy atom. The molecule has 0 aliphatic heterocycles. The van der Waals surface area contributed by atoms with Crippen molar-refractivity contribution in [1.29, 1.82) is 0 Å². The molecule has 0 saturated heterocycles. The summed E-state index contributed by atoms with van der Waals surface area (Å²) in [5, 5.41) is 3.20. The van der Waals surface area contributed by atoms with Gasteiger partial charge in [-0.25, -0.2) is 13.8 Å². The predicted octanol–water partition coefficient (Wildman–Crippen LogP) is 5.19. The van der Waals surface area contributed by atoms with Gasteiger partial charge in [0, 0.05) is 52.6 Å². The maximum atomic E-state index is 15.3. The second kappa shape index (κ2) is 13.1. The number of rotatable bonds is 8. The summed E-state index contributed by atoms with van der Waals surface area (Å²) >= 11 is 0. The molecule has 5 rings (SSSR count). The van der Waals surface area contributed by atoms with E-state index < -0.39 is 17.7 Å². The standard InChI is InChI=1S/C30H28F2N5O2.W/c1-34-26-16-35-12-10-22(26)19-14-20(30(25(33)15-19)39-27-7-2-3-11-36-27)13-18-5-4-6-23(31)28(18)29-24(32)9-8-21(17-38)37-29;/h2-13,16-17,19-20,25,30,34H,14-15,33H2,1H3;/q-1;. The number of hydrogen-bond donors (Lipinski definition) is 2. The van der Waals surface area contributed by atoms with Gasteiger partial charge in [-0.2, -0.15) is 18.1 Å². The monoisotopic (exact) mass is 712 g/mol. The first-order valence-corrected chi connectivity index (χ1v) is 12.7. The Kier molecular flexibility index (Phi) is 9.61. The molecule has 4 aromatic rings. The van der Waals surface area contributed by atoms with E-state index in [1.807, 2.05) is 25.6 Å². The van der Waals surface area contributed by atoms with Crippen LogP contribution < -0.4 is 15.8 Å². The van der Waals surface area contributed by atoms with E-state index in [4.69, 9.17) is 10.5 Å². The van der Waals surface area contributed by atoms with E-state index in [0.717, 1.165) is 17.3 Å². The summed E-state index contributed by atoms with van der Waals surface area (Å²) in [6.45, 7) is 0. The van der Waals surface area contributed by atoms with E-state index >= 15 is 4.39 Å². The Balaban J connectivity index is 0.00000370. The van der Waals surface area contributed by atoms with Crippen LogP contribution in [-0.2, 0) is 21.1 Å². The van der Waals surface area contributed by atoms with Gasteiger partial charge in [-0.15, -0.1) is 6.07 Å². The second-order valence-electron chi connectivity index (χ2n) is 9.51. The van der Waals surface area contributed by atoms with Crippen LogP contribution in [0.4, 0.5) is 14.5 Å². The van der Waals surface area contributed by atoms with Crippen molar-refractivity contribution >= 4 is 12.0 Å². The zero-order chi connectivity index (χ0) is 27.4. The van der Waals surface area contributed by atoms with Crippen LogP contribution in [0.15, 0.2) is 73.2 Å². The zero-order valence-corrected chi connectivity index (χ0v) is 24.6. The first-order chi connectivity index (χ1) is 19.0. The van der Waals surface area contributed by atoms with Crippen molar-refractivity contribution in [3.8, 4) is 17.1 Å². The van der Waals surface area contributed by atoms with Gasteiger partial charge < -0.3 is 15.8 Å². The molecule has 4 unspecified atom stereocenters. The molecule has 0 spiro atoms. The fourth-order valence-electron chi connectivity index (χ4n) is 5.32. The number of carbonyl (C=O) groups is 1. The molecule has 1 aromatic carbocycles. The van der Waals surface area contributed by atoms with Gasteiger partial charge in [0.1, 0.15) is 17.6 Å². The number of hydrogen-bond acceptors (Lipinski definition) is 7. The van der Waals surface area contributed by atoms with Gasteiger partial charge in [-0.1, -0.05) is 17.7 Å². The van der Waals surface area contributed by atoms with E-state index in [2.05, 4.69) is 20.3 Å². The van der Waals surface area contributed by atoms with Crippen LogP contribution in [0.1, 0.15) is 40.4 Å². The number of nitrogens with one attached hydrogen (secondary N) is 1. The molecule has 206 valence electrons. The topological polar surface area (TPSA) is 103 Å². The largest absolute Gasteiger partial charge is 0.473 e. The molecule has 1 aliphatic carbocycles. The van der Waals surface area contributed by atoms with Crippen LogP contribution in [0.5, 0.6) is 5.88 Å². The summed E-state index contributed by atoms with van der Waals surface area (Å²) in [6, 6.07) is 13.8. The van der Waals surface area contributed by atoms with Crippen LogP contribution in [0, 0.1) is 24.0 Å².